The Morgan fingerprint density at radius 3 is 2.28 bits per heavy atom. The number of benzene rings is 2. The van der Waals surface area contributed by atoms with Gasteiger partial charge < -0.3 is 15.6 Å². The Balaban J connectivity index is 2.52. The molecular weight excluding hydrogens is 362 g/mol. The van der Waals surface area contributed by atoms with Gasteiger partial charge in [-0.2, -0.15) is 0 Å². The molecule has 0 bridgehead atoms. The predicted molar refractivity (Wildman–Crippen MR) is 121 cm³/mol. The minimum absolute atomic E-state index is 0.136. The van der Waals surface area contributed by atoms with Crippen molar-refractivity contribution in [3.63, 3.8) is 0 Å². The lowest BCUT2D eigenvalue weighted by Gasteiger charge is -2.17. The third-order valence-corrected chi connectivity index (χ3v) is 4.48. The minimum Gasteiger partial charge on any atom is -0.507 e. The first-order valence-electron chi connectivity index (χ1n) is 9.82. The highest BCUT2D eigenvalue weighted by Gasteiger charge is 2.17. The first-order chi connectivity index (χ1) is 14.0. The number of aromatic hydroxyl groups is 1. The summed E-state index contributed by atoms with van der Waals surface area (Å²) in [5.74, 6) is 0.575. The van der Waals surface area contributed by atoms with Crippen LogP contribution in [0.3, 0.4) is 0 Å². The van der Waals surface area contributed by atoms with Crippen LogP contribution in [0.5, 0.6) is 11.5 Å². The molecule has 4 nitrogen and oxygen atoms in total. The Morgan fingerprint density at radius 2 is 1.69 bits per heavy atom. The lowest BCUT2D eigenvalue weighted by molar-refractivity contribution is 0.104. The van der Waals surface area contributed by atoms with Crippen molar-refractivity contribution >= 4 is 17.5 Å². The SMILES string of the molecule is CC=CCc1cc(CC=CC)c(OCC)c(C=CC(=O)c2ccc(N)cc2)c1O. The van der Waals surface area contributed by atoms with E-state index < -0.39 is 0 Å². The predicted octanol–water partition coefficient (Wildman–Crippen LogP) is 5.51. The van der Waals surface area contributed by atoms with Gasteiger partial charge >= 0.3 is 0 Å². The third kappa shape index (κ3) is 5.85. The largest absolute Gasteiger partial charge is 0.507 e. The number of hydrogen-bond acceptors (Lipinski definition) is 4. The Bertz CT molecular complexity index is 922. The van der Waals surface area contributed by atoms with E-state index in [4.69, 9.17) is 10.5 Å². The second-order valence-electron chi connectivity index (χ2n) is 6.59. The van der Waals surface area contributed by atoms with E-state index in [9.17, 15) is 9.90 Å². The Hall–Kier alpha value is -3.27. The lowest BCUT2D eigenvalue weighted by Crippen LogP contribution is -2.02. The quantitative estimate of drug-likeness (QED) is 0.256. The normalized spacial score (nSPS) is 11.7. The van der Waals surface area contributed by atoms with E-state index in [2.05, 4.69) is 0 Å². The molecule has 2 rings (SSSR count). The highest BCUT2D eigenvalue weighted by atomic mass is 16.5. The Labute approximate surface area is 173 Å². The number of phenols is 1. The first kappa shape index (κ1) is 22.0. The van der Waals surface area contributed by atoms with Gasteiger partial charge in [0.2, 0.25) is 0 Å². The number of carbonyl (C=O) groups is 1. The molecular formula is C25H29NO3. The minimum atomic E-state index is -0.166. The molecule has 0 radical (unpaired) electrons. The van der Waals surface area contributed by atoms with E-state index >= 15 is 0 Å². The van der Waals surface area contributed by atoms with E-state index in [1.807, 2.05) is 51.1 Å². The van der Waals surface area contributed by atoms with Crippen molar-refractivity contribution in [1.29, 1.82) is 0 Å². The number of anilines is 1. The average molecular weight is 392 g/mol. The van der Waals surface area contributed by atoms with Crippen LogP contribution in [0, 0.1) is 0 Å². The van der Waals surface area contributed by atoms with Gasteiger partial charge in [-0.3, -0.25) is 4.79 Å². The molecule has 0 heterocycles. The summed E-state index contributed by atoms with van der Waals surface area (Å²) in [4.78, 5) is 12.6. The maximum Gasteiger partial charge on any atom is 0.185 e. The van der Waals surface area contributed by atoms with E-state index in [-0.39, 0.29) is 11.5 Å². The number of hydrogen-bond donors (Lipinski definition) is 2. The fourth-order valence-corrected chi connectivity index (χ4v) is 2.97. The van der Waals surface area contributed by atoms with Crippen molar-refractivity contribution in [2.75, 3.05) is 12.3 Å². The van der Waals surface area contributed by atoms with E-state index in [0.29, 0.717) is 42.0 Å². The molecule has 0 unspecified atom stereocenters. The molecule has 0 fully saturated rings. The van der Waals surface area contributed by atoms with Gasteiger partial charge in [0.1, 0.15) is 11.5 Å². The Morgan fingerprint density at radius 1 is 1.07 bits per heavy atom. The molecule has 4 heteroatoms. The van der Waals surface area contributed by atoms with Gasteiger partial charge in [0, 0.05) is 11.3 Å². The molecule has 0 aliphatic heterocycles. The summed E-state index contributed by atoms with van der Waals surface area (Å²) in [5, 5.41) is 10.9. The topological polar surface area (TPSA) is 72.5 Å². The van der Waals surface area contributed by atoms with Crippen molar-refractivity contribution < 1.29 is 14.6 Å². The molecule has 29 heavy (non-hydrogen) atoms. The van der Waals surface area contributed by atoms with E-state index in [1.54, 1.807) is 30.3 Å². The van der Waals surface area contributed by atoms with Crippen molar-refractivity contribution in [3.05, 3.63) is 83.0 Å². The molecule has 2 aromatic rings. The number of nitrogen functional groups attached to an aromatic ring is 1. The standard InChI is InChI=1S/C25H29NO3/c1-4-7-9-19-17-20(10-8-5-2)25(29-6-3)22(24(19)28)15-16-23(27)18-11-13-21(26)14-12-18/h4-5,7-8,11-17,28H,6,9-10,26H2,1-3H3. The van der Waals surface area contributed by atoms with E-state index in [1.165, 1.54) is 6.08 Å². The molecule has 3 N–H and O–H groups in total. The summed E-state index contributed by atoms with van der Waals surface area (Å²) in [6, 6.07) is 8.73. The molecule has 2 aromatic carbocycles. The second kappa shape index (κ2) is 10.9. The van der Waals surface area contributed by atoms with Gasteiger partial charge in [-0.25, -0.2) is 0 Å². The molecule has 0 aliphatic carbocycles. The lowest BCUT2D eigenvalue weighted by atomic mass is 9.97. The van der Waals surface area contributed by atoms with Crippen molar-refractivity contribution in [2.24, 2.45) is 0 Å². The number of rotatable bonds is 9. The molecule has 0 atom stereocenters. The summed E-state index contributed by atoms with van der Waals surface area (Å²) >= 11 is 0. The van der Waals surface area contributed by atoms with Gasteiger partial charge in [0.25, 0.3) is 0 Å². The molecule has 0 amide bonds. The number of phenolic OH excluding ortho intramolecular Hbond substituents is 1. The maximum atomic E-state index is 12.6. The van der Waals surface area contributed by atoms with Crippen LogP contribution in [0.4, 0.5) is 5.69 Å². The molecule has 0 aromatic heterocycles. The molecule has 0 aliphatic rings. The smallest absolute Gasteiger partial charge is 0.185 e. The van der Waals surface area contributed by atoms with Gasteiger partial charge in [0.05, 0.1) is 12.2 Å². The summed E-state index contributed by atoms with van der Waals surface area (Å²) in [5.41, 5.74) is 9.12. The monoisotopic (exact) mass is 391 g/mol. The first-order valence-corrected chi connectivity index (χ1v) is 9.82. The van der Waals surface area contributed by atoms with Crippen LogP contribution in [-0.4, -0.2) is 17.5 Å². The fourth-order valence-electron chi connectivity index (χ4n) is 2.97. The summed E-state index contributed by atoms with van der Waals surface area (Å²) in [7, 11) is 0. The average Bonchev–Trinajstić information content (AvgIpc) is 2.72. The van der Waals surface area contributed by atoms with Crippen LogP contribution >= 0.6 is 0 Å². The highest BCUT2D eigenvalue weighted by Crippen LogP contribution is 2.37. The highest BCUT2D eigenvalue weighted by molar-refractivity contribution is 6.07. The van der Waals surface area contributed by atoms with Crippen LogP contribution in [0.1, 0.15) is 47.8 Å². The zero-order valence-electron chi connectivity index (χ0n) is 17.3. The van der Waals surface area contributed by atoms with Crippen LogP contribution in [0.25, 0.3) is 6.08 Å². The van der Waals surface area contributed by atoms with Crippen molar-refractivity contribution in [1.82, 2.24) is 0 Å². The van der Waals surface area contributed by atoms with E-state index in [0.717, 1.165) is 11.1 Å². The molecule has 0 spiro atoms. The Kier molecular flexibility index (Phi) is 8.28. The number of allylic oxidation sites excluding steroid dienone is 5. The third-order valence-electron chi connectivity index (χ3n) is 4.48. The summed E-state index contributed by atoms with van der Waals surface area (Å²) in [6.07, 6.45) is 12.3. The zero-order chi connectivity index (χ0) is 21.2. The van der Waals surface area contributed by atoms with Crippen LogP contribution in [0.15, 0.2) is 60.7 Å². The number of nitrogens with two attached hydrogens (primary N) is 1. The van der Waals surface area contributed by atoms with Crippen LogP contribution < -0.4 is 10.5 Å². The van der Waals surface area contributed by atoms with Gasteiger partial charge in [-0.05, 0) is 87.2 Å². The second-order valence-corrected chi connectivity index (χ2v) is 6.59. The van der Waals surface area contributed by atoms with Crippen molar-refractivity contribution in [2.45, 2.75) is 33.6 Å². The van der Waals surface area contributed by atoms with Gasteiger partial charge in [-0.1, -0.05) is 24.3 Å². The number of carbonyl (C=O) groups excluding carboxylic acids is 1. The molecule has 0 saturated heterocycles. The molecule has 0 saturated carbocycles. The van der Waals surface area contributed by atoms with Crippen LogP contribution in [-0.2, 0) is 12.8 Å². The van der Waals surface area contributed by atoms with Crippen molar-refractivity contribution in [3.8, 4) is 11.5 Å². The zero-order valence-corrected chi connectivity index (χ0v) is 17.3. The summed E-state index contributed by atoms with van der Waals surface area (Å²) in [6.45, 7) is 6.27. The summed E-state index contributed by atoms with van der Waals surface area (Å²) < 4.78 is 5.87. The van der Waals surface area contributed by atoms with Gasteiger partial charge in [-0.15, -0.1) is 0 Å². The van der Waals surface area contributed by atoms with Crippen LogP contribution in [0.2, 0.25) is 0 Å². The maximum absolute atomic E-state index is 12.6. The number of ether oxygens (including phenoxy) is 1. The number of ketones is 1. The molecule has 152 valence electrons. The van der Waals surface area contributed by atoms with Gasteiger partial charge in [0.15, 0.2) is 5.78 Å². The fraction of sp³-hybridized carbons (Fsp3) is 0.240.